The zero-order chi connectivity index (χ0) is 25.0. The summed E-state index contributed by atoms with van der Waals surface area (Å²) in [7, 11) is -3.78. The van der Waals surface area contributed by atoms with E-state index in [1.54, 1.807) is 36.6 Å². The number of piperidine rings is 1. The summed E-state index contributed by atoms with van der Waals surface area (Å²) in [5.41, 5.74) is 0.902. The molecule has 9 nitrogen and oxygen atoms in total. The van der Waals surface area contributed by atoms with Crippen molar-refractivity contribution in [1.82, 2.24) is 9.21 Å². The third-order valence-corrected chi connectivity index (χ3v) is 9.00. The molecule has 1 unspecified atom stereocenters. The highest BCUT2D eigenvalue weighted by atomic mass is 32.2. The summed E-state index contributed by atoms with van der Waals surface area (Å²) in [5.74, 6) is -1.52. The van der Waals surface area contributed by atoms with Crippen LogP contribution in [0.1, 0.15) is 47.3 Å². The van der Waals surface area contributed by atoms with Gasteiger partial charge in [-0.1, -0.05) is 18.6 Å². The van der Waals surface area contributed by atoms with Gasteiger partial charge in [-0.25, -0.2) is 13.2 Å². The van der Waals surface area contributed by atoms with Gasteiger partial charge in [-0.05, 0) is 61.7 Å². The first-order valence-electron chi connectivity index (χ1n) is 11.7. The van der Waals surface area contributed by atoms with E-state index in [0.29, 0.717) is 37.4 Å². The Morgan fingerprint density at radius 1 is 1.09 bits per heavy atom. The second-order valence-electron chi connectivity index (χ2n) is 8.75. The maximum Gasteiger partial charge on any atom is 0.329 e. The molecule has 0 aliphatic carbocycles. The average Bonchev–Trinajstić information content (AvgIpc) is 3.56. The third kappa shape index (κ3) is 5.74. The maximum absolute atomic E-state index is 13.2. The molecule has 0 radical (unpaired) electrons. The molecule has 0 bridgehead atoms. The van der Waals surface area contributed by atoms with Crippen molar-refractivity contribution in [2.45, 2.75) is 50.0 Å². The summed E-state index contributed by atoms with van der Waals surface area (Å²) in [4.78, 5) is 40.0. The topological polar surface area (TPSA) is 113 Å². The molecular weight excluding hydrogens is 490 g/mol. The molecule has 4 rings (SSSR count). The number of carbonyl (C=O) groups excluding carboxylic acids is 3. The predicted octanol–water partition coefficient (Wildman–Crippen LogP) is 3.02. The highest BCUT2D eigenvalue weighted by molar-refractivity contribution is 7.89. The molecule has 2 saturated heterocycles. The Balaban J connectivity index is 1.40. The number of rotatable bonds is 7. The van der Waals surface area contributed by atoms with Crippen LogP contribution in [0.2, 0.25) is 0 Å². The van der Waals surface area contributed by atoms with E-state index in [9.17, 15) is 22.8 Å². The summed E-state index contributed by atoms with van der Waals surface area (Å²) >= 11 is 1.31. The summed E-state index contributed by atoms with van der Waals surface area (Å²) in [6, 6.07) is 7.53. The fourth-order valence-corrected chi connectivity index (χ4v) is 6.83. The minimum atomic E-state index is -3.78. The third-order valence-electron chi connectivity index (χ3n) is 6.21. The highest BCUT2D eigenvalue weighted by Gasteiger charge is 2.36. The van der Waals surface area contributed by atoms with E-state index in [-0.39, 0.29) is 16.5 Å². The Morgan fingerprint density at radius 3 is 2.57 bits per heavy atom. The number of nitrogens with one attached hydrogen (secondary N) is 1. The van der Waals surface area contributed by atoms with Crippen LogP contribution in [-0.2, 0) is 24.3 Å². The molecule has 1 aromatic carbocycles. The zero-order valence-corrected chi connectivity index (χ0v) is 21.2. The quantitative estimate of drug-likeness (QED) is 0.563. The number of aryl methyl sites for hydroxylation is 1. The average molecular weight is 520 g/mol. The van der Waals surface area contributed by atoms with Crippen molar-refractivity contribution in [3.63, 3.8) is 0 Å². The lowest BCUT2D eigenvalue weighted by atomic mass is 10.2. The molecule has 0 spiro atoms. The van der Waals surface area contributed by atoms with Gasteiger partial charge >= 0.3 is 5.97 Å². The smallest absolute Gasteiger partial charge is 0.329 e. The van der Waals surface area contributed by atoms with E-state index in [1.807, 2.05) is 0 Å². The summed E-state index contributed by atoms with van der Waals surface area (Å²) < 4.78 is 33.1. The van der Waals surface area contributed by atoms with Crippen LogP contribution in [0.25, 0.3) is 0 Å². The Bertz CT molecular complexity index is 1190. The molecule has 11 heteroatoms. The molecule has 2 aliphatic rings. The van der Waals surface area contributed by atoms with Crippen molar-refractivity contribution in [3.8, 4) is 0 Å². The van der Waals surface area contributed by atoms with Crippen molar-refractivity contribution in [3.05, 3.63) is 46.2 Å². The van der Waals surface area contributed by atoms with Crippen LogP contribution in [0.3, 0.4) is 0 Å². The van der Waals surface area contributed by atoms with Crippen LogP contribution in [0, 0.1) is 6.92 Å². The van der Waals surface area contributed by atoms with Gasteiger partial charge in [0.15, 0.2) is 6.61 Å². The van der Waals surface area contributed by atoms with Crippen LogP contribution in [0.5, 0.6) is 0 Å². The number of anilines is 1. The van der Waals surface area contributed by atoms with Gasteiger partial charge in [-0.15, -0.1) is 11.3 Å². The SMILES string of the molecule is Cc1ccc(NC(=O)COC(=O)C2CCCN2C(=O)c2cccs2)c(S(=O)(=O)N2CCCCC2)c1. The molecule has 1 N–H and O–H groups in total. The first kappa shape index (κ1) is 25.3. The van der Waals surface area contributed by atoms with E-state index in [1.165, 1.54) is 26.6 Å². The number of carbonyl (C=O) groups is 3. The van der Waals surface area contributed by atoms with Gasteiger partial charge in [0.2, 0.25) is 10.0 Å². The number of nitrogens with zero attached hydrogens (tertiary/aromatic N) is 2. The van der Waals surface area contributed by atoms with Gasteiger partial charge in [0.1, 0.15) is 10.9 Å². The van der Waals surface area contributed by atoms with E-state index < -0.39 is 34.5 Å². The molecule has 1 aromatic heterocycles. The molecule has 2 amide bonds. The summed E-state index contributed by atoms with van der Waals surface area (Å²) in [6.45, 7) is 2.55. The normalized spacial score (nSPS) is 18.9. The minimum Gasteiger partial charge on any atom is -0.454 e. The fraction of sp³-hybridized carbons (Fsp3) is 0.458. The molecule has 3 heterocycles. The number of sulfonamides is 1. The fourth-order valence-electron chi connectivity index (χ4n) is 4.41. The number of hydrogen-bond donors (Lipinski definition) is 1. The second kappa shape index (κ2) is 10.9. The number of thiophene rings is 1. The molecule has 2 fully saturated rings. The van der Waals surface area contributed by atoms with Gasteiger partial charge in [0, 0.05) is 19.6 Å². The van der Waals surface area contributed by atoms with Crippen molar-refractivity contribution >= 4 is 44.8 Å². The highest BCUT2D eigenvalue weighted by Crippen LogP contribution is 2.28. The number of likely N-dealkylation sites (tertiary alicyclic amines) is 1. The van der Waals surface area contributed by atoms with Crippen molar-refractivity contribution in [2.75, 3.05) is 31.6 Å². The Morgan fingerprint density at radius 2 is 1.86 bits per heavy atom. The number of amides is 2. The van der Waals surface area contributed by atoms with Crippen molar-refractivity contribution in [1.29, 1.82) is 0 Å². The number of ether oxygens (including phenoxy) is 1. The van der Waals surface area contributed by atoms with Gasteiger partial charge in [0.05, 0.1) is 10.6 Å². The van der Waals surface area contributed by atoms with Gasteiger partial charge in [-0.3, -0.25) is 9.59 Å². The lowest BCUT2D eigenvalue weighted by Gasteiger charge is -2.27. The van der Waals surface area contributed by atoms with Crippen LogP contribution in [0.4, 0.5) is 5.69 Å². The minimum absolute atomic E-state index is 0.0302. The van der Waals surface area contributed by atoms with Crippen LogP contribution in [-0.4, -0.2) is 67.7 Å². The number of benzene rings is 1. The maximum atomic E-state index is 13.2. The number of hydrogen-bond acceptors (Lipinski definition) is 7. The van der Waals surface area contributed by atoms with E-state index in [2.05, 4.69) is 5.32 Å². The van der Waals surface area contributed by atoms with Gasteiger partial charge < -0.3 is 15.0 Å². The molecular formula is C24H29N3O6S2. The zero-order valence-electron chi connectivity index (χ0n) is 19.6. The van der Waals surface area contributed by atoms with Crippen LogP contribution < -0.4 is 5.32 Å². The lowest BCUT2D eigenvalue weighted by Crippen LogP contribution is -2.41. The first-order chi connectivity index (χ1) is 16.8. The van der Waals surface area contributed by atoms with E-state index in [0.717, 1.165) is 24.8 Å². The van der Waals surface area contributed by atoms with Crippen LogP contribution in [0.15, 0.2) is 40.6 Å². The Labute approximate surface area is 209 Å². The predicted molar refractivity (Wildman–Crippen MR) is 132 cm³/mol. The standard InChI is InChI=1S/C24H29N3O6S2/c1-17-9-10-18(21(15-17)35(31,32)26-11-3-2-4-12-26)25-22(28)16-33-24(30)19-7-5-13-27(19)23(29)20-8-6-14-34-20/h6,8-10,14-15,19H,2-5,7,11-13,16H2,1H3,(H,25,28). The Hall–Kier alpha value is -2.76. The van der Waals surface area contributed by atoms with Crippen LogP contribution >= 0.6 is 11.3 Å². The monoisotopic (exact) mass is 519 g/mol. The first-order valence-corrected chi connectivity index (χ1v) is 14.0. The molecule has 35 heavy (non-hydrogen) atoms. The molecule has 188 valence electrons. The van der Waals surface area contributed by atoms with Gasteiger partial charge in [0.25, 0.3) is 11.8 Å². The largest absolute Gasteiger partial charge is 0.454 e. The van der Waals surface area contributed by atoms with Crippen molar-refractivity contribution in [2.24, 2.45) is 0 Å². The molecule has 1 atom stereocenters. The molecule has 0 saturated carbocycles. The molecule has 2 aliphatic heterocycles. The Kier molecular flexibility index (Phi) is 7.88. The van der Waals surface area contributed by atoms with Crippen molar-refractivity contribution < 1.29 is 27.5 Å². The lowest BCUT2D eigenvalue weighted by molar-refractivity contribution is -0.151. The number of esters is 1. The van der Waals surface area contributed by atoms with E-state index >= 15 is 0 Å². The molecule has 2 aromatic rings. The second-order valence-corrected chi connectivity index (χ2v) is 11.6. The summed E-state index contributed by atoms with van der Waals surface area (Å²) in [6.07, 6.45) is 3.73. The van der Waals surface area contributed by atoms with Gasteiger partial charge in [-0.2, -0.15) is 4.31 Å². The van der Waals surface area contributed by atoms with E-state index in [4.69, 9.17) is 4.74 Å². The summed E-state index contributed by atoms with van der Waals surface area (Å²) in [5, 5.41) is 4.38.